The molecule has 0 bridgehead atoms. The van der Waals surface area contributed by atoms with Crippen molar-refractivity contribution in [2.24, 2.45) is 5.92 Å². The first kappa shape index (κ1) is 24.6. The Morgan fingerprint density at radius 1 is 1.08 bits per heavy atom. The maximum atomic E-state index is 11.1. The van der Waals surface area contributed by atoms with Crippen LogP contribution in [-0.4, -0.2) is 19.5 Å². The van der Waals surface area contributed by atoms with E-state index < -0.39 is 0 Å². The van der Waals surface area contributed by atoms with E-state index in [-0.39, 0.29) is 0 Å². The highest BCUT2D eigenvalue weighted by atomic mass is 16.5. The largest absolute Gasteiger partial charge is 0.381 e. The maximum absolute atomic E-state index is 11.1. The lowest BCUT2D eigenvalue weighted by Crippen LogP contribution is -2.01. The number of unbranched alkanes of at least 4 members (excludes halogenated alkanes) is 1. The van der Waals surface area contributed by atoms with Crippen LogP contribution in [0.15, 0.2) is 18.7 Å². The van der Waals surface area contributed by atoms with Crippen LogP contribution in [-0.2, 0) is 11.2 Å². The van der Waals surface area contributed by atoms with Crippen LogP contribution in [0.2, 0.25) is 0 Å². The molecule has 0 aromatic heterocycles. The first-order chi connectivity index (χ1) is 12.6. The van der Waals surface area contributed by atoms with Crippen LogP contribution in [0.3, 0.4) is 0 Å². The van der Waals surface area contributed by atoms with Crippen LogP contribution < -0.4 is 0 Å². The van der Waals surface area contributed by atoms with E-state index in [0.29, 0.717) is 0 Å². The first-order valence-electron chi connectivity index (χ1n) is 10.4. The number of carbonyl (C=O) groups is 1. The predicted octanol–water partition coefficient (Wildman–Crippen LogP) is 7.03. The molecular weight excluding hydrogens is 320 g/mol. The second-order valence-electron chi connectivity index (χ2n) is 6.84. The Morgan fingerprint density at radius 3 is 2.38 bits per heavy atom. The fourth-order valence-corrected chi connectivity index (χ4v) is 3.06. The standard InChI is InChI=1S/C22H34O2.C2H6/c1-5-13-24-14-8-7-10-18(3)11-9-12-21-16-22(17-23)19(4)15-20(21)6-2;1-2/h6,15-18H,2,5,7-14H2,1,3-4H3;1-2H3. The zero-order chi connectivity index (χ0) is 19.8. The van der Waals surface area contributed by atoms with Crippen molar-refractivity contribution < 1.29 is 9.53 Å². The van der Waals surface area contributed by atoms with Crippen molar-refractivity contribution in [3.63, 3.8) is 0 Å². The Hall–Kier alpha value is -1.41. The third-order valence-corrected chi connectivity index (χ3v) is 4.60. The zero-order valence-electron chi connectivity index (χ0n) is 17.8. The fraction of sp³-hybridized carbons (Fsp3) is 0.625. The first-order valence-corrected chi connectivity index (χ1v) is 10.4. The van der Waals surface area contributed by atoms with Gasteiger partial charge in [-0.25, -0.2) is 0 Å². The Labute approximate surface area is 162 Å². The van der Waals surface area contributed by atoms with Gasteiger partial charge in [0.05, 0.1) is 0 Å². The van der Waals surface area contributed by atoms with Crippen LogP contribution in [0.5, 0.6) is 0 Å². The number of ether oxygens (including phenoxy) is 1. The zero-order valence-corrected chi connectivity index (χ0v) is 17.8. The molecule has 1 aromatic carbocycles. The fourth-order valence-electron chi connectivity index (χ4n) is 3.06. The predicted molar refractivity (Wildman–Crippen MR) is 115 cm³/mol. The van der Waals surface area contributed by atoms with E-state index in [9.17, 15) is 4.79 Å². The number of hydrogen-bond donors (Lipinski definition) is 0. The van der Waals surface area contributed by atoms with E-state index in [1.165, 1.54) is 36.8 Å². The van der Waals surface area contributed by atoms with Crippen molar-refractivity contribution in [2.75, 3.05) is 13.2 Å². The number of rotatable bonds is 13. The molecule has 1 aromatic rings. The summed E-state index contributed by atoms with van der Waals surface area (Å²) in [6.45, 7) is 16.2. The third-order valence-electron chi connectivity index (χ3n) is 4.60. The van der Waals surface area contributed by atoms with E-state index in [0.717, 1.165) is 55.8 Å². The highest BCUT2D eigenvalue weighted by Gasteiger charge is 2.07. The van der Waals surface area contributed by atoms with Crippen molar-refractivity contribution in [3.8, 4) is 0 Å². The van der Waals surface area contributed by atoms with Gasteiger partial charge in [0.15, 0.2) is 0 Å². The molecule has 2 nitrogen and oxygen atoms in total. The van der Waals surface area contributed by atoms with Gasteiger partial charge < -0.3 is 4.74 Å². The van der Waals surface area contributed by atoms with Crippen molar-refractivity contribution in [2.45, 2.75) is 79.6 Å². The summed E-state index contributed by atoms with van der Waals surface area (Å²) in [5, 5.41) is 0. The van der Waals surface area contributed by atoms with Crippen molar-refractivity contribution in [1.29, 1.82) is 0 Å². The molecule has 0 N–H and O–H groups in total. The molecule has 1 atom stereocenters. The Morgan fingerprint density at radius 2 is 1.77 bits per heavy atom. The SMILES string of the molecule is C=Cc1cc(C)c(C=O)cc1CCCC(C)CCCCOCCC.CC. The normalized spacial score (nSPS) is 11.4. The molecule has 0 aliphatic rings. The van der Waals surface area contributed by atoms with Crippen LogP contribution in [0, 0.1) is 12.8 Å². The molecule has 0 aliphatic heterocycles. The Kier molecular flexibility index (Phi) is 15.0. The highest BCUT2D eigenvalue weighted by Crippen LogP contribution is 2.21. The average Bonchev–Trinajstić information content (AvgIpc) is 2.66. The van der Waals surface area contributed by atoms with Crippen LogP contribution in [0.1, 0.15) is 93.3 Å². The van der Waals surface area contributed by atoms with Gasteiger partial charge in [0.1, 0.15) is 6.29 Å². The minimum atomic E-state index is 0.749. The number of aldehydes is 1. The number of carbonyl (C=O) groups excluding carboxylic acids is 1. The molecular formula is C24H40O2. The lowest BCUT2D eigenvalue weighted by molar-refractivity contribution is 0.112. The summed E-state index contributed by atoms with van der Waals surface area (Å²) in [7, 11) is 0. The van der Waals surface area contributed by atoms with E-state index in [2.05, 4.69) is 26.5 Å². The van der Waals surface area contributed by atoms with E-state index in [4.69, 9.17) is 4.74 Å². The van der Waals surface area contributed by atoms with Gasteiger partial charge in [-0.3, -0.25) is 4.79 Å². The van der Waals surface area contributed by atoms with Gasteiger partial charge >= 0.3 is 0 Å². The lowest BCUT2D eigenvalue weighted by Gasteiger charge is -2.13. The summed E-state index contributed by atoms with van der Waals surface area (Å²) < 4.78 is 5.52. The van der Waals surface area contributed by atoms with Gasteiger partial charge in [-0.05, 0) is 61.3 Å². The molecule has 0 radical (unpaired) electrons. The maximum Gasteiger partial charge on any atom is 0.150 e. The van der Waals surface area contributed by atoms with Gasteiger partial charge in [-0.15, -0.1) is 0 Å². The molecule has 0 heterocycles. The van der Waals surface area contributed by atoms with Gasteiger partial charge in [-0.2, -0.15) is 0 Å². The van der Waals surface area contributed by atoms with Crippen LogP contribution in [0.4, 0.5) is 0 Å². The van der Waals surface area contributed by atoms with Gasteiger partial charge in [-0.1, -0.05) is 65.7 Å². The molecule has 2 heteroatoms. The monoisotopic (exact) mass is 360 g/mol. The van der Waals surface area contributed by atoms with Crippen LogP contribution in [0.25, 0.3) is 6.08 Å². The Balaban J connectivity index is 0.00000301. The van der Waals surface area contributed by atoms with Crippen LogP contribution >= 0.6 is 0 Å². The summed E-state index contributed by atoms with van der Waals surface area (Å²) in [6, 6.07) is 4.11. The molecule has 1 unspecified atom stereocenters. The quantitative estimate of drug-likeness (QED) is 0.279. The minimum Gasteiger partial charge on any atom is -0.381 e. The molecule has 0 saturated heterocycles. The number of aryl methyl sites for hydroxylation is 2. The summed E-state index contributed by atoms with van der Waals surface area (Å²) in [6.07, 6.45) is 11.1. The van der Waals surface area contributed by atoms with Crippen molar-refractivity contribution in [3.05, 3.63) is 41.0 Å². The summed E-state index contributed by atoms with van der Waals surface area (Å²) in [5.41, 5.74) is 4.25. The summed E-state index contributed by atoms with van der Waals surface area (Å²) >= 11 is 0. The molecule has 148 valence electrons. The van der Waals surface area contributed by atoms with E-state index in [1.54, 1.807) is 0 Å². The third kappa shape index (κ3) is 9.91. The lowest BCUT2D eigenvalue weighted by atomic mass is 9.93. The molecule has 26 heavy (non-hydrogen) atoms. The summed E-state index contributed by atoms with van der Waals surface area (Å²) in [4.78, 5) is 11.1. The minimum absolute atomic E-state index is 0.749. The Bertz CT molecular complexity index is 505. The van der Waals surface area contributed by atoms with E-state index >= 15 is 0 Å². The molecule has 0 spiro atoms. The van der Waals surface area contributed by atoms with Crippen molar-refractivity contribution >= 4 is 12.4 Å². The second kappa shape index (κ2) is 15.8. The highest BCUT2D eigenvalue weighted by molar-refractivity contribution is 5.78. The second-order valence-corrected chi connectivity index (χ2v) is 6.84. The molecule has 0 amide bonds. The molecule has 1 rings (SSSR count). The molecule has 0 saturated carbocycles. The van der Waals surface area contributed by atoms with Crippen molar-refractivity contribution in [1.82, 2.24) is 0 Å². The van der Waals surface area contributed by atoms with E-state index in [1.807, 2.05) is 32.9 Å². The number of benzene rings is 1. The smallest absolute Gasteiger partial charge is 0.150 e. The topological polar surface area (TPSA) is 26.3 Å². The average molecular weight is 361 g/mol. The number of hydrogen-bond acceptors (Lipinski definition) is 2. The van der Waals surface area contributed by atoms with Gasteiger partial charge in [0, 0.05) is 18.8 Å². The molecule has 0 fully saturated rings. The van der Waals surface area contributed by atoms with Gasteiger partial charge in [0.2, 0.25) is 0 Å². The summed E-state index contributed by atoms with van der Waals surface area (Å²) in [5.74, 6) is 0.749. The van der Waals surface area contributed by atoms with Gasteiger partial charge in [0.25, 0.3) is 0 Å². The molecule has 0 aliphatic carbocycles.